The summed E-state index contributed by atoms with van der Waals surface area (Å²) >= 11 is 0. The monoisotopic (exact) mass is 564 g/mol. The maximum Gasteiger partial charge on any atom is 0.534 e. The van der Waals surface area contributed by atoms with Crippen molar-refractivity contribution >= 4 is 32.5 Å². The summed E-state index contributed by atoms with van der Waals surface area (Å²) in [5, 5.41) is -0.244. The van der Waals surface area contributed by atoms with Gasteiger partial charge in [0.05, 0.1) is 12.7 Å². The molecule has 202 valence electrons. The van der Waals surface area contributed by atoms with E-state index in [0.717, 1.165) is 7.11 Å². The van der Waals surface area contributed by atoms with Crippen molar-refractivity contribution in [2.45, 2.75) is 88.9 Å². The van der Waals surface area contributed by atoms with Gasteiger partial charge in [-0.3, -0.25) is 0 Å². The summed E-state index contributed by atoms with van der Waals surface area (Å²) < 4.78 is 77.8. The van der Waals surface area contributed by atoms with E-state index in [4.69, 9.17) is 9.16 Å². The predicted octanol–water partition coefficient (Wildman–Crippen LogP) is 5.66. The van der Waals surface area contributed by atoms with Crippen molar-refractivity contribution in [2.75, 3.05) is 7.11 Å². The highest BCUT2D eigenvalue weighted by Crippen LogP contribution is 2.45. The van der Waals surface area contributed by atoms with E-state index in [-0.39, 0.29) is 29.9 Å². The third-order valence-corrected chi connectivity index (χ3v) is 12.1. The van der Waals surface area contributed by atoms with Gasteiger partial charge in [-0.1, -0.05) is 58.2 Å². The van der Waals surface area contributed by atoms with Crippen LogP contribution in [0.1, 0.15) is 40.0 Å². The average molecular weight is 565 g/mol. The lowest BCUT2D eigenvalue weighted by Crippen LogP contribution is -2.51. The van der Waals surface area contributed by atoms with Gasteiger partial charge in [0.15, 0.2) is 8.32 Å². The van der Waals surface area contributed by atoms with E-state index in [9.17, 15) is 26.4 Å². The number of esters is 1. The number of ether oxygens (including phenoxy) is 1. The number of allylic oxidation sites excluding steroid dienone is 3. The second-order valence-electron chi connectivity index (χ2n) is 11.0. The van der Waals surface area contributed by atoms with E-state index in [2.05, 4.69) is 47.1 Å². The Morgan fingerprint density at radius 2 is 1.61 bits per heavy atom. The molecule has 12 heteroatoms. The lowest BCUT2D eigenvalue weighted by molar-refractivity contribution is -0.137. The van der Waals surface area contributed by atoms with Crippen LogP contribution in [-0.4, -0.2) is 49.0 Å². The number of methoxy groups -OCH3 is 1. The fraction of sp³-hybridized carbons (Fsp3) is 0.625. The molecule has 0 aromatic heterocycles. The first-order chi connectivity index (χ1) is 16.1. The molecule has 0 heterocycles. The van der Waals surface area contributed by atoms with Crippen LogP contribution in [0.25, 0.3) is 0 Å². The summed E-state index contributed by atoms with van der Waals surface area (Å²) in [5.41, 5.74) is -4.09. The molecule has 1 rings (SSSR count). The van der Waals surface area contributed by atoms with Gasteiger partial charge in [-0.2, -0.15) is 21.6 Å². The minimum absolute atomic E-state index is 0.0180. The number of carbonyl (C=O) groups excluding carboxylic acids is 1. The number of halogens is 3. The van der Waals surface area contributed by atoms with Crippen molar-refractivity contribution in [1.29, 1.82) is 0 Å². The number of alkyl halides is 3. The lowest BCUT2D eigenvalue weighted by Gasteiger charge is -2.45. The molecule has 0 aromatic rings. The Morgan fingerprint density at radius 3 is 2.08 bits per heavy atom. The molecule has 0 bridgehead atoms. The maximum absolute atomic E-state index is 12.9. The Kier molecular flexibility index (Phi) is 9.94. The van der Waals surface area contributed by atoms with Gasteiger partial charge in [0.25, 0.3) is 0 Å². The zero-order chi connectivity index (χ0) is 28.2. The molecular weight excluding hydrogens is 529 g/mol. The molecule has 6 nitrogen and oxygen atoms in total. The lowest BCUT2D eigenvalue weighted by atomic mass is 9.84. The molecule has 0 fully saturated rings. The largest absolute Gasteiger partial charge is 0.534 e. The van der Waals surface area contributed by atoms with Crippen LogP contribution >= 0.6 is 0 Å². The Balaban J connectivity index is 3.58. The van der Waals surface area contributed by atoms with Crippen LogP contribution in [0.4, 0.5) is 13.2 Å². The summed E-state index contributed by atoms with van der Waals surface area (Å²) in [4.78, 5) is 12.5. The van der Waals surface area contributed by atoms with Crippen LogP contribution in [0.3, 0.4) is 0 Å². The molecule has 0 saturated carbocycles. The second-order valence-corrected chi connectivity index (χ2v) is 22.0. The Labute approximate surface area is 214 Å². The van der Waals surface area contributed by atoms with Crippen molar-refractivity contribution in [3.05, 3.63) is 23.5 Å². The highest BCUT2D eigenvalue weighted by Gasteiger charge is 2.51. The minimum atomic E-state index is -5.96. The van der Waals surface area contributed by atoms with Gasteiger partial charge in [0.2, 0.25) is 0 Å². The first kappa shape index (κ1) is 32.0. The van der Waals surface area contributed by atoms with E-state index in [1.807, 2.05) is 33.9 Å². The molecule has 1 atom stereocenters. The Morgan fingerprint density at radius 1 is 1.06 bits per heavy atom. The molecule has 1 aliphatic carbocycles. The minimum Gasteiger partial charge on any atom is -0.466 e. The van der Waals surface area contributed by atoms with Gasteiger partial charge in [-0.25, -0.2) is 4.79 Å². The van der Waals surface area contributed by atoms with Crippen LogP contribution in [0.2, 0.25) is 37.8 Å². The molecule has 36 heavy (non-hydrogen) atoms. The topological polar surface area (TPSA) is 78.9 Å². The molecule has 1 aliphatic rings. The summed E-state index contributed by atoms with van der Waals surface area (Å²) in [6.07, 6.45) is 2.56. The quantitative estimate of drug-likeness (QED) is 0.141. The average Bonchev–Trinajstić information content (AvgIpc) is 2.68. The number of hydrogen-bond donors (Lipinski definition) is 0. The third kappa shape index (κ3) is 8.84. The standard InChI is InChI=1S/C24H35F3O6SSi2/c1-22(2,3)36(8,9)33-23(15-12-10-11-13-17-35(5,6)7)16-14-20(19(18-23)21(28)31-4)32-34(29,30)24(25,26)27/h10-11H,14,16,18H2,1-9H3/b11-10-. The van der Waals surface area contributed by atoms with Gasteiger partial charge in [0.1, 0.15) is 19.4 Å². The van der Waals surface area contributed by atoms with Crippen molar-refractivity contribution in [1.82, 2.24) is 0 Å². The SMILES string of the molecule is COC(=O)C1=C(OS(=O)(=O)C(F)(F)F)CCC(C#C/C=C\C#C[Si](C)(C)C)(O[Si](C)(C)C(C)(C)C)C1. The molecule has 0 amide bonds. The molecular formula is C24H35F3O6SSi2. The Bertz CT molecular complexity index is 1140. The zero-order valence-corrected chi connectivity index (χ0v) is 25.1. The van der Waals surface area contributed by atoms with Crippen LogP contribution in [0, 0.1) is 23.3 Å². The molecule has 0 saturated heterocycles. The highest BCUT2D eigenvalue weighted by atomic mass is 32.2. The first-order valence-corrected chi connectivity index (χ1v) is 19.1. The van der Waals surface area contributed by atoms with E-state index in [1.165, 1.54) is 0 Å². The van der Waals surface area contributed by atoms with E-state index in [1.54, 1.807) is 12.2 Å². The Hall–Kier alpha value is -2.00. The summed E-state index contributed by atoms with van der Waals surface area (Å²) in [6.45, 7) is 16.3. The summed E-state index contributed by atoms with van der Waals surface area (Å²) in [5.74, 6) is 7.24. The smallest absolute Gasteiger partial charge is 0.466 e. The maximum atomic E-state index is 12.9. The van der Waals surface area contributed by atoms with Gasteiger partial charge >= 0.3 is 21.6 Å². The molecule has 0 aromatic carbocycles. The third-order valence-electron chi connectivity index (χ3n) is 5.73. The van der Waals surface area contributed by atoms with Crippen LogP contribution < -0.4 is 0 Å². The van der Waals surface area contributed by atoms with Crippen molar-refractivity contribution < 1.29 is 39.7 Å². The van der Waals surface area contributed by atoms with Crippen molar-refractivity contribution in [2.24, 2.45) is 0 Å². The number of rotatable bonds is 5. The predicted molar refractivity (Wildman–Crippen MR) is 138 cm³/mol. The van der Waals surface area contributed by atoms with Crippen LogP contribution in [0.5, 0.6) is 0 Å². The normalized spacial score (nSPS) is 19.8. The highest BCUT2D eigenvalue weighted by molar-refractivity contribution is 7.87. The van der Waals surface area contributed by atoms with Crippen molar-refractivity contribution in [3.63, 3.8) is 0 Å². The van der Waals surface area contributed by atoms with Crippen LogP contribution in [0.15, 0.2) is 23.5 Å². The molecule has 0 radical (unpaired) electrons. The van der Waals surface area contributed by atoms with E-state index < -0.39 is 49.3 Å². The van der Waals surface area contributed by atoms with E-state index in [0.29, 0.717) is 0 Å². The first-order valence-electron chi connectivity index (χ1n) is 11.3. The molecule has 0 N–H and O–H groups in total. The fourth-order valence-corrected chi connectivity index (χ4v) is 5.46. The zero-order valence-electron chi connectivity index (χ0n) is 22.3. The second kappa shape index (κ2) is 11.2. The summed E-state index contributed by atoms with van der Waals surface area (Å²) in [7, 11) is -8.99. The molecule has 0 aliphatic heterocycles. The van der Waals surface area contributed by atoms with Crippen LogP contribution in [-0.2, 0) is 28.3 Å². The van der Waals surface area contributed by atoms with E-state index >= 15 is 0 Å². The van der Waals surface area contributed by atoms with Gasteiger partial charge < -0.3 is 13.3 Å². The number of hydrogen-bond acceptors (Lipinski definition) is 6. The fourth-order valence-electron chi connectivity index (χ4n) is 2.90. The summed E-state index contributed by atoms with van der Waals surface area (Å²) in [6, 6.07) is 0. The van der Waals surface area contributed by atoms with Crippen molar-refractivity contribution in [3.8, 4) is 23.3 Å². The molecule has 0 spiro atoms. The van der Waals surface area contributed by atoms with Gasteiger partial charge in [-0.15, -0.1) is 5.54 Å². The van der Waals surface area contributed by atoms with Gasteiger partial charge in [0, 0.05) is 12.8 Å². The molecule has 1 unspecified atom stereocenters. The number of carbonyl (C=O) groups is 1. The van der Waals surface area contributed by atoms with Gasteiger partial charge in [-0.05, 0) is 36.7 Å².